The SMILES string of the molecule is Nc1ccccc1NC(=O)/C=C/[C@@H](Oc1ccccc1)[C@H](OC(=O)Nc1ccccc1)c1ccc(O)c(F)c1. The maximum absolute atomic E-state index is 14.4. The Kier molecular flexibility index (Phi) is 8.76. The predicted octanol–water partition coefficient (Wildman–Crippen LogP) is 6.05. The Morgan fingerprint density at radius 3 is 2.23 bits per heavy atom. The zero-order chi connectivity index (χ0) is 27.6. The number of phenolic OH excluding ortho intramolecular Hbond substituents is 1. The quantitative estimate of drug-likeness (QED) is 0.155. The highest BCUT2D eigenvalue weighted by molar-refractivity contribution is 6.01. The summed E-state index contributed by atoms with van der Waals surface area (Å²) < 4.78 is 26.2. The van der Waals surface area contributed by atoms with Gasteiger partial charge in [0.25, 0.3) is 0 Å². The molecule has 0 spiro atoms. The summed E-state index contributed by atoms with van der Waals surface area (Å²) in [6, 6.07) is 27.6. The summed E-state index contributed by atoms with van der Waals surface area (Å²) in [7, 11) is 0. The third-order valence-electron chi connectivity index (χ3n) is 5.52. The highest BCUT2D eigenvalue weighted by Crippen LogP contribution is 2.30. The molecule has 2 atom stereocenters. The second-order valence-electron chi connectivity index (χ2n) is 8.36. The van der Waals surface area contributed by atoms with Gasteiger partial charge in [0.2, 0.25) is 5.91 Å². The van der Waals surface area contributed by atoms with Crippen LogP contribution in [0.25, 0.3) is 0 Å². The number of phenols is 1. The molecule has 9 heteroatoms. The number of amides is 2. The van der Waals surface area contributed by atoms with Crippen LogP contribution in [0.15, 0.2) is 115 Å². The third kappa shape index (κ3) is 7.59. The molecule has 2 amide bonds. The van der Waals surface area contributed by atoms with Crippen LogP contribution in [0.5, 0.6) is 11.5 Å². The molecule has 0 aromatic heterocycles. The molecule has 0 saturated carbocycles. The molecule has 4 rings (SSSR count). The number of nitrogens with one attached hydrogen (secondary N) is 2. The number of nitrogen functional groups attached to an aromatic ring is 1. The number of carbonyl (C=O) groups is 2. The Morgan fingerprint density at radius 1 is 0.872 bits per heavy atom. The summed E-state index contributed by atoms with van der Waals surface area (Å²) >= 11 is 0. The maximum atomic E-state index is 14.4. The Balaban J connectivity index is 1.65. The number of halogens is 1. The minimum absolute atomic E-state index is 0.187. The van der Waals surface area contributed by atoms with Crippen molar-refractivity contribution in [3.8, 4) is 11.5 Å². The van der Waals surface area contributed by atoms with Crippen LogP contribution in [0, 0.1) is 5.82 Å². The number of anilines is 3. The monoisotopic (exact) mass is 527 g/mol. The normalized spacial score (nSPS) is 12.3. The van der Waals surface area contributed by atoms with E-state index < -0.39 is 35.8 Å². The van der Waals surface area contributed by atoms with Crippen LogP contribution < -0.4 is 21.1 Å². The molecule has 4 aromatic carbocycles. The number of benzene rings is 4. The number of para-hydroxylation sites is 4. The van der Waals surface area contributed by atoms with Gasteiger partial charge in [-0.2, -0.15) is 0 Å². The van der Waals surface area contributed by atoms with Gasteiger partial charge < -0.3 is 25.6 Å². The largest absolute Gasteiger partial charge is 0.505 e. The van der Waals surface area contributed by atoms with Crippen LogP contribution >= 0.6 is 0 Å². The zero-order valence-corrected chi connectivity index (χ0v) is 20.7. The van der Waals surface area contributed by atoms with E-state index in [1.54, 1.807) is 84.9 Å². The van der Waals surface area contributed by atoms with Crippen LogP contribution in [0.1, 0.15) is 11.7 Å². The smallest absolute Gasteiger partial charge is 0.412 e. The molecule has 0 aliphatic heterocycles. The van der Waals surface area contributed by atoms with Crippen molar-refractivity contribution in [1.29, 1.82) is 0 Å². The van der Waals surface area contributed by atoms with Crippen molar-refractivity contribution in [2.45, 2.75) is 12.2 Å². The van der Waals surface area contributed by atoms with Gasteiger partial charge in [-0.15, -0.1) is 0 Å². The van der Waals surface area contributed by atoms with Gasteiger partial charge in [0.05, 0.1) is 11.4 Å². The number of nitrogens with two attached hydrogens (primary N) is 1. The lowest BCUT2D eigenvalue weighted by molar-refractivity contribution is -0.112. The number of carbonyl (C=O) groups excluding carboxylic acids is 2. The van der Waals surface area contributed by atoms with E-state index in [0.29, 0.717) is 22.8 Å². The Hall–Kier alpha value is -5.31. The first-order valence-electron chi connectivity index (χ1n) is 12.0. The third-order valence-corrected chi connectivity index (χ3v) is 5.52. The number of hydrogen-bond donors (Lipinski definition) is 4. The van der Waals surface area contributed by atoms with E-state index in [-0.39, 0.29) is 5.56 Å². The van der Waals surface area contributed by atoms with Gasteiger partial charge in [-0.3, -0.25) is 10.1 Å². The van der Waals surface area contributed by atoms with E-state index in [9.17, 15) is 19.1 Å². The molecule has 0 bridgehead atoms. The fourth-order valence-corrected chi connectivity index (χ4v) is 3.63. The maximum Gasteiger partial charge on any atom is 0.412 e. The summed E-state index contributed by atoms with van der Waals surface area (Å²) in [5, 5.41) is 15.0. The van der Waals surface area contributed by atoms with Crippen molar-refractivity contribution in [2.75, 3.05) is 16.4 Å². The minimum atomic E-state index is -1.23. The first-order valence-corrected chi connectivity index (χ1v) is 12.0. The molecule has 0 heterocycles. The number of ether oxygens (including phenoxy) is 2. The molecule has 0 aliphatic rings. The molecule has 5 N–H and O–H groups in total. The highest BCUT2D eigenvalue weighted by atomic mass is 19.1. The van der Waals surface area contributed by atoms with Crippen LogP contribution in [0.2, 0.25) is 0 Å². The van der Waals surface area contributed by atoms with Crippen molar-refractivity contribution in [2.24, 2.45) is 0 Å². The van der Waals surface area contributed by atoms with Crippen LogP contribution in [0.3, 0.4) is 0 Å². The van der Waals surface area contributed by atoms with Crippen LogP contribution in [-0.2, 0) is 9.53 Å². The van der Waals surface area contributed by atoms with Crippen LogP contribution in [0.4, 0.5) is 26.2 Å². The van der Waals surface area contributed by atoms with Gasteiger partial charge in [-0.25, -0.2) is 9.18 Å². The Morgan fingerprint density at radius 2 is 1.54 bits per heavy atom. The van der Waals surface area contributed by atoms with Crippen LogP contribution in [-0.4, -0.2) is 23.2 Å². The summed E-state index contributed by atoms with van der Waals surface area (Å²) in [6.07, 6.45) is -0.544. The highest BCUT2D eigenvalue weighted by Gasteiger charge is 2.29. The van der Waals surface area contributed by atoms with Crippen molar-refractivity contribution in [3.05, 3.63) is 127 Å². The van der Waals surface area contributed by atoms with E-state index in [1.165, 1.54) is 18.2 Å². The lowest BCUT2D eigenvalue weighted by atomic mass is 10.0. The molecule has 39 heavy (non-hydrogen) atoms. The summed E-state index contributed by atoms with van der Waals surface area (Å²) in [4.78, 5) is 25.6. The first-order chi connectivity index (χ1) is 18.9. The van der Waals surface area contributed by atoms with Gasteiger partial charge in [0.15, 0.2) is 23.8 Å². The van der Waals surface area contributed by atoms with Gasteiger partial charge >= 0.3 is 6.09 Å². The molecule has 4 aromatic rings. The second-order valence-corrected chi connectivity index (χ2v) is 8.36. The average molecular weight is 528 g/mol. The predicted molar refractivity (Wildman–Crippen MR) is 147 cm³/mol. The Labute approximate surface area is 224 Å². The number of aromatic hydroxyl groups is 1. The lowest BCUT2D eigenvalue weighted by Gasteiger charge is -2.26. The minimum Gasteiger partial charge on any atom is -0.505 e. The molecular formula is C30H26FN3O5. The lowest BCUT2D eigenvalue weighted by Crippen LogP contribution is -2.30. The summed E-state index contributed by atoms with van der Waals surface area (Å²) in [6.45, 7) is 0. The fourth-order valence-electron chi connectivity index (χ4n) is 3.63. The van der Waals surface area contributed by atoms with Crippen molar-refractivity contribution < 1.29 is 28.6 Å². The topological polar surface area (TPSA) is 123 Å². The zero-order valence-electron chi connectivity index (χ0n) is 20.7. The molecule has 8 nitrogen and oxygen atoms in total. The van der Waals surface area contributed by atoms with E-state index >= 15 is 0 Å². The molecule has 198 valence electrons. The van der Waals surface area contributed by atoms with Gasteiger partial charge in [0, 0.05) is 11.8 Å². The van der Waals surface area contributed by atoms with Gasteiger partial charge in [-0.05, 0) is 60.2 Å². The van der Waals surface area contributed by atoms with E-state index in [4.69, 9.17) is 15.2 Å². The molecular weight excluding hydrogens is 501 g/mol. The molecule has 0 saturated heterocycles. The Bertz CT molecular complexity index is 1450. The van der Waals surface area contributed by atoms with Gasteiger partial charge in [-0.1, -0.05) is 54.6 Å². The van der Waals surface area contributed by atoms with Gasteiger partial charge in [0.1, 0.15) is 5.75 Å². The summed E-state index contributed by atoms with van der Waals surface area (Å²) in [5.74, 6) is -1.58. The van der Waals surface area contributed by atoms with Crippen molar-refractivity contribution >= 4 is 29.1 Å². The van der Waals surface area contributed by atoms with Crippen molar-refractivity contribution in [3.63, 3.8) is 0 Å². The second kappa shape index (κ2) is 12.8. The van der Waals surface area contributed by atoms with E-state index in [1.807, 2.05) is 0 Å². The first kappa shape index (κ1) is 26.7. The number of rotatable bonds is 9. The molecule has 0 fully saturated rings. The summed E-state index contributed by atoms with van der Waals surface area (Å²) in [5.41, 5.74) is 7.38. The molecule has 0 radical (unpaired) electrons. The number of hydrogen-bond acceptors (Lipinski definition) is 6. The fraction of sp³-hybridized carbons (Fsp3) is 0.0667. The standard InChI is InChI=1S/C30H26FN3O5/c31-23-19-20(15-16-26(23)35)29(39-30(37)33-21-9-3-1-4-10-21)27(38-22-11-5-2-6-12-22)17-18-28(36)34-25-14-8-7-13-24(25)32/h1-19,27,29,35H,32H2,(H,33,37)(H,34,36)/b18-17+/t27-,29-/m1/s1. The average Bonchev–Trinajstić information content (AvgIpc) is 2.94. The molecule has 0 aliphatic carbocycles. The van der Waals surface area contributed by atoms with E-state index in [2.05, 4.69) is 10.6 Å². The van der Waals surface area contributed by atoms with E-state index in [0.717, 1.165) is 12.1 Å². The van der Waals surface area contributed by atoms with Crippen molar-refractivity contribution in [1.82, 2.24) is 0 Å². The molecule has 0 unspecified atom stereocenters.